The van der Waals surface area contributed by atoms with Crippen LogP contribution in [0.4, 0.5) is 0 Å². The number of rotatable bonds is 5. The van der Waals surface area contributed by atoms with E-state index in [0.29, 0.717) is 22.5 Å². The first kappa shape index (κ1) is 22.3. The highest BCUT2D eigenvalue weighted by atomic mass is 16.5. The summed E-state index contributed by atoms with van der Waals surface area (Å²) >= 11 is 0. The maximum absolute atomic E-state index is 13.2. The van der Waals surface area contributed by atoms with Crippen molar-refractivity contribution < 1.29 is 33.1 Å². The molecule has 3 heterocycles. The number of imide groups is 2. The lowest BCUT2D eigenvalue weighted by molar-refractivity contribution is -0.137. The van der Waals surface area contributed by atoms with Gasteiger partial charge in [-0.25, -0.2) is 0 Å². The molecule has 0 aliphatic carbocycles. The van der Waals surface area contributed by atoms with Crippen molar-refractivity contribution in [3.8, 4) is 5.75 Å². The van der Waals surface area contributed by atoms with Crippen LogP contribution in [-0.4, -0.2) is 47.6 Å². The van der Waals surface area contributed by atoms with Crippen LogP contribution in [0.25, 0.3) is 11.0 Å². The van der Waals surface area contributed by atoms with Crippen LogP contribution in [0.5, 0.6) is 5.75 Å². The zero-order valence-electron chi connectivity index (χ0n) is 18.8. The molecule has 3 aromatic rings. The van der Waals surface area contributed by atoms with Crippen LogP contribution < -0.4 is 15.4 Å². The molecular weight excluding hydrogens is 454 g/mol. The first-order valence-corrected chi connectivity index (χ1v) is 11.0. The molecule has 0 bridgehead atoms. The van der Waals surface area contributed by atoms with Crippen molar-refractivity contribution in [2.45, 2.75) is 31.8 Å². The minimum Gasteiger partial charge on any atom is -0.497 e. The molecule has 1 saturated heterocycles. The van der Waals surface area contributed by atoms with E-state index < -0.39 is 29.7 Å². The Balaban J connectivity index is 1.32. The normalized spacial score (nSPS) is 17.3. The Morgan fingerprint density at radius 1 is 1.20 bits per heavy atom. The number of ether oxygens (including phenoxy) is 1. The molecule has 5 rings (SSSR count). The van der Waals surface area contributed by atoms with Crippen LogP contribution in [0.3, 0.4) is 0 Å². The van der Waals surface area contributed by atoms with Crippen molar-refractivity contribution in [2.75, 3.05) is 7.11 Å². The molecule has 2 N–H and O–H groups in total. The van der Waals surface area contributed by atoms with Gasteiger partial charge in [0, 0.05) is 30.0 Å². The fourth-order valence-corrected chi connectivity index (χ4v) is 4.54. The molecular formula is C25H21N3O7. The molecule has 0 spiro atoms. The zero-order chi connectivity index (χ0) is 24.7. The minimum atomic E-state index is -0.793. The van der Waals surface area contributed by atoms with Gasteiger partial charge in [-0.05, 0) is 30.2 Å². The Morgan fingerprint density at radius 3 is 2.80 bits per heavy atom. The molecule has 1 unspecified atom stereocenters. The fraction of sp³-hybridized carbons (Fsp3) is 0.240. The summed E-state index contributed by atoms with van der Waals surface area (Å²) in [6, 6.07) is 9.21. The van der Waals surface area contributed by atoms with Gasteiger partial charge in [0.05, 0.1) is 30.9 Å². The van der Waals surface area contributed by atoms with E-state index in [1.54, 1.807) is 37.4 Å². The van der Waals surface area contributed by atoms with Gasteiger partial charge in [0.25, 0.3) is 11.8 Å². The molecule has 2 aromatic carbocycles. The number of carbonyl (C=O) groups is 5. The maximum Gasteiger partial charge on any atom is 0.258 e. The predicted molar refractivity (Wildman–Crippen MR) is 121 cm³/mol. The number of benzene rings is 2. The van der Waals surface area contributed by atoms with Crippen molar-refractivity contribution in [3.05, 3.63) is 64.9 Å². The molecule has 2 aliphatic rings. The van der Waals surface area contributed by atoms with Gasteiger partial charge in [0.15, 0.2) is 0 Å². The number of furan rings is 1. The van der Waals surface area contributed by atoms with Crippen molar-refractivity contribution in [3.63, 3.8) is 0 Å². The third-order valence-electron chi connectivity index (χ3n) is 6.26. The van der Waals surface area contributed by atoms with Gasteiger partial charge >= 0.3 is 0 Å². The molecule has 1 aromatic heterocycles. The van der Waals surface area contributed by atoms with Crippen molar-refractivity contribution >= 4 is 40.5 Å². The Labute approximate surface area is 199 Å². The molecule has 1 fully saturated rings. The average Bonchev–Trinajstić information content (AvgIpc) is 3.39. The second-order valence-electron chi connectivity index (χ2n) is 8.42. The van der Waals surface area contributed by atoms with Gasteiger partial charge in [0.1, 0.15) is 17.4 Å². The molecule has 0 saturated carbocycles. The molecule has 2 aliphatic heterocycles. The lowest BCUT2D eigenvalue weighted by Crippen LogP contribution is -2.52. The van der Waals surface area contributed by atoms with Crippen LogP contribution in [0.1, 0.15) is 44.7 Å². The molecule has 1 atom stereocenters. The highest BCUT2D eigenvalue weighted by molar-refractivity contribution is 6.14. The number of fused-ring (bicyclic) bond motifs is 2. The molecule has 35 heavy (non-hydrogen) atoms. The topological polar surface area (TPSA) is 135 Å². The van der Waals surface area contributed by atoms with E-state index >= 15 is 0 Å². The summed E-state index contributed by atoms with van der Waals surface area (Å²) < 4.78 is 10.7. The Bertz CT molecular complexity index is 1410. The molecule has 10 heteroatoms. The predicted octanol–water partition coefficient (Wildman–Crippen LogP) is 1.70. The van der Waals surface area contributed by atoms with Crippen LogP contribution in [0, 0.1) is 0 Å². The number of nitrogens with zero attached hydrogens (tertiary/aromatic N) is 1. The number of hydrogen-bond acceptors (Lipinski definition) is 7. The average molecular weight is 475 g/mol. The SMILES string of the molecule is COc1ccc2c(CC(=O)NC(=O)c3cccc4c3C(=O)N(C3CCC(=O)NC3=O)C4)coc2c1. The van der Waals surface area contributed by atoms with Gasteiger partial charge < -0.3 is 14.1 Å². The molecule has 5 amide bonds. The summed E-state index contributed by atoms with van der Waals surface area (Å²) in [4.78, 5) is 63.9. The van der Waals surface area contributed by atoms with Crippen LogP contribution >= 0.6 is 0 Å². The summed E-state index contributed by atoms with van der Waals surface area (Å²) in [6.07, 6.45) is 1.70. The highest BCUT2D eigenvalue weighted by Gasteiger charge is 2.40. The number of hydrogen-bond donors (Lipinski definition) is 2. The minimum absolute atomic E-state index is 0.0532. The van der Waals surface area contributed by atoms with Crippen molar-refractivity contribution in [1.29, 1.82) is 0 Å². The monoisotopic (exact) mass is 475 g/mol. The van der Waals surface area contributed by atoms with Crippen molar-refractivity contribution in [1.82, 2.24) is 15.5 Å². The summed E-state index contributed by atoms with van der Waals surface area (Å²) in [5, 5.41) is 5.31. The number of amides is 5. The molecule has 0 radical (unpaired) electrons. The number of nitrogens with one attached hydrogen (secondary N) is 2. The van der Waals surface area contributed by atoms with E-state index in [1.807, 2.05) is 0 Å². The smallest absolute Gasteiger partial charge is 0.258 e. The molecule has 10 nitrogen and oxygen atoms in total. The summed E-state index contributed by atoms with van der Waals surface area (Å²) in [5.74, 6) is -2.04. The van der Waals surface area contributed by atoms with Gasteiger partial charge in [0.2, 0.25) is 17.7 Å². The highest BCUT2D eigenvalue weighted by Crippen LogP contribution is 2.30. The largest absolute Gasteiger partial charge is 0.497 e. The van der Waals surface area contributed by atoms with Crippen LogP contribution in [-0.2, 0) is 27.3 Å². The van der Waals surface area contributed by atoms with Crippen LogP contribution in [0.2, 0.25) is 0 Å². The Kier molecular flexibility index (Phi) is 5.56. The summed E-state index contributed by atoms with van der Waals surface area (Å²) in [6.45, 7) is 0.139. The van der Waals surface area contributed by atoms with E-state index in [-0.39, 0.29) is 42.8 Å². The van der Waals surface area contributed by atoms with E-state index in [1.165, 1.54) is 17.2 Å². The third kappa shape index (κ3) is 4.03. The van der Waals surface area contributed by atoms with E-state index in [4.69, 9.17) is 9.15 Å². The first-order valence-electron chi connectivity index (χ1n) is 11.0. The lowest BCUT2D eigenvalue weighted by Gasteiger charge is -2.29. The van der Waals surface area contributed by atoms with E-state index in [0.717, 1.165) is 5.39 Å². The summed E-state index contributed by atoms with van der Waals surface area (Å²) in [5.41, 5.74) is 1.94. The van der Waals surface area contributed by atoms with E-state index in [2.05, 4.69) is 10.6 Å². The Hall–Kier alpha value is -4.47. The second kappa shape index (κ2) is 8.71. The standard InChI is InChI=1S/C25H21N3O7/c1-34-15-5-6-16-14(12-35-19(16)10-15)9-21(30)27-23(31)17-4-2-3-13-11-28(25(33)22(13)17)18-7-8-20(29)26-24(18)32/h2-6,10,12,18H,7-9,11H2,1H3,(H,26,29,32)(H,27,30,31). The molecule has 178 valence electrons. The van der Waals surface area contributed by atoms with Gasteiger partial charge in [-0.2, -0.15) is 0 Å². The second-order valence-corrected chi connectivity index (χ2v) is 8.42. The van der Waals surface area contributed by atoms with Crippen LogP contribution in [0.15, 0.2) is 47.1 Å². The fourth-order valence-electron chi connectivity index (χ4n) is 4.54. The third-order valence-corrected chi connectivity index (χ3v) is 6.26. The quantitative estimate of drug-likeness (QED) is 0.536. The zero-order valence-corrected chi connectivity index (χ0v) is 18.8. The van der Waals surface area contributed by atoms with Gasteiger partial charge in [-0.1, -0.05) is 12.1 Å². The maximum atomic E-state index is 13.2. The number of carbonyl (C=O) groups excluding carboxylic acids is 5. The van der Waals surface area contributed by atoms with Crippen molar-refractivity contribution in [2.24, 2.45) is 0 Å². The number of piperidine rings is 1. The Morgan fingerprint density at radius 2 is 2.03 bits per heavy atom. The van der Waals surface area contributed by atoms with Gasteiger partial charge in [-0.15, -0.1) is 0 Å². The summed E-state index contributed by atoms with van der Waals surface area (Å²) in [7, 11) is 1.54. The lowest BCUT2D eigenvalue weighted by atomic mass is 10.0. The first-order chi connectivity index (χ1) is 16.9. The van der Waals surface area contributed by atoms with E-state index in [9.17, 15) is 24.0 Å². The number of methoxy groups -OCH3 is 1. The van der Waals surface area contributed by atoms with Gasteiger partial charge in [-0.3, -0.25) is 34.6 Å².